The molecule has 1 radical (unpaired) electrons. The summed E-state index contributed by atoms with van der Waals surface area (Å²) in [6.45, 7) is 0. The van der Waals surface area contributed by atoms with Gasteiger partial charge in [-0.3, -0.25) is 0 Å². The molecule has 0 aromatic heterocycles. The first-order valence-corrected chi connectivity index (χ1v) is 3.78. The van der Waals surface area contributed by atoms with E-state index in [0.29, 0.717) is 0 Å². The third kappa shape index (κ3) is 1.47. The monoisotopic (exact) mass is 146 g/mol. The number of terminal acetylenes is 1. The molecule has 0 aliphatic carbocycles. The fourth-order valence-electron chi connectivity index (χ4n) is 0.679. The molecule has 1 aromatic carbocycles. The van der Waals surface area contributed by atoms with Gasteiger partial charge in [-0.15, -0.1) is 6.42 Å². The van der Waals surface area contributed by atoms with Crippen molar-refractivity contribution < 1.29 is 4.80 Å². The lowest BCUT2D eigenvalue weighted by molar-refractivity contribution is 0.615. The van der Waals surface area contributed by atoms with Crippen molar-refractivity contribution in [2.24, 2.45) is 0 Å². The van der Waals surface area contributed by atoms with Crippen molar-refractivity contribution in [2.75, 3.05) is 0 Å². The average molecular weight is 146 g/mol. The van der Waals surface area contributed by atoms with Crippen LogP contribution in [-0.2, 0) is 0 Å². The van der Waals surface area contributed by atoms with Gasteiger partial charge in [-0.1, -0.05) is 12.0 Å². The summed E-state index contributed by atoms with van der Waals surface area (Å²) in [5, 5.41) is 0.885. The summed E-state index contributed by atoms with van der Waals surface area (Å²) >= 11 is 0. The molecule has 47 valence electrons. The molecule has 1 nitrogen and oxygen atoms in total. The molecule has 0 aliphatic rings. The molecule has 2 heteroatoms. The lowest BCUT2D eigenvalue weighted by Crippen LogP contribution is -2.12. The van der Waals surface area contributed by atoms with Gasteiger partial charge >= 0.3 is 9.76 Å². The average Bonchev–Trinajstić information content (AvgIpc) is 2.05. The molecule has 1 N–H and O–H groups in total. The first-order valence-electron chi connectivity index (χ1n) is 2.83. The van der Waals surface area contributed by atoms with Crippen molar-refractivity contribution in [2.45, 2.75) is 0 Å². The van der Waals surface area contributed by atoms with Gasteiger partial charge in [0.05, 0.1) is 0 Å². The van der Waals surface area contributed by atoms with Crippen molar-refractivity contribution in [3.8, 4) is 12.3 Å². The van der Waals surface area contributed by atoms with Crippen molar-refractivity contribution >= 4 is 14.9 Å². The molecule has 0 bridgehead atoms. The Morgan fingerprint density at radius 2 is 2.30 bits per heavy atom. The summed E-state index contributed by atoms with van der Waals surface area (Å²) in [5.74, 6) is 2.50. The Kier molecular flexibility index (Phi) is 2.27. The number of hydrogen-bond acceptors (Lipinski definition) is 1. The zero-order chi connectivity index (χ0) is 7.40. The van der Waals surface area contributed by atoms with Gasteiger partial charge in [-0.2, -0.15) is 0 Å². The lowest BCUT2D eigenvalue weighted by Gasteiger charge is -1.85. The molecule has 0 fully saturated rings. The highest BCUT2D eigenvalue weighted by molar-refractivity contribution is 6.45. The molecule has 0 unspecified atom stereocenters. The van der Waals surface area contributed by atoms with Crippen LogP contribution in [0.2, 0.25) is 0 Å². The first-order chi connectivity index (χ1) is 4.86. The molecule has 10 heavy (non-hydrogen) atoms. The Labute approximate surface area is 62.7 Å². The molecule has 0 amide bonds. The molecule has 0 saturated heterocycles. The summed E-state index contributed by atoms with van der Waals surface area (Å²) in [7, 11) is -0.166. The Morgan fingerprint density at radius 1 is 1.50 bits per heavy atom. The van der Waals surface area contributed by atoms with Crippen LogP contribution in [0.15, 0.2) is 24.3 Å². The third-order valence-electron chi connectivity index (χ3n) is 1.16. The Morgan fingerprint density at radius 3 is 2.90 bits per heavy atom. The minimum atomic E-state index is -0.166. The summed E-state index contributed by atoms with van der Waals surface area (Å²) in [6.07, 6.45) is 5.14. The predicted octanol–water partition coefficient (Wildman–Crippen LogP) is -0.0953. The second-order valence-electron chi connectivity index (χ2n) is 1.84. The van der Waals surface area contributed by atoms with Gasteiger partial charge in [-0.25, -0.2) is 4.80 Å². The number of benzene rings is 1. The topological polar surface area (TPSA) is 20.2 Å². The predicted molar refractivity (Wildman–Crippen MR) is 42.0 cm³/mol. The van der Waals surface area contributed by atoms with Crippen molar-refractivity contribution in [3.63, 3.8) is 0 Å². The van der Waals surface area contributed by atoms with E-state index in [1.165, 1.54) is 0 Å². The van der Waals surface area contributed by atoms with Crippen LogP contribution in [-0.4, -0.2) is 14.6 Å². The van der Waals surface area contributed by atoms with Crippen LogP contribution >= 0.6 is 0 Å². The Balaban J connectivity index is 3.01. The molecular weight excluding hydrogens is 140 g/mol. The van der Waals surface area contributed by atoms with Gasteiger partial charge in [0.15, 0.2) is 5.19 Å². The van der Waals surface area contributed by atoms with E-state index in [4.69, 9.17) is 11.2 Å². The molecule has 1 aromatic rings. The highest BCUT2D eigenvalue weighted by Gasteiger charge is 2.09. The van der Waals surface area contributed by atoms with E-state index < -0.39 is 0 Å². The number of rotatable bonds is 1. The van der Waals surface area contributed by atoms with E-state index in [-0.39, 0.29) is 9.76 Å². The maximum atomic E-state index is 8.72. The van der Waals surface area contributed by atoms with Gasteiger partial charge in [0.25, 0.3) is 0 Å². The van der Waals surface area contributed by atoms with Gasteiger partial charge in [0.2, 0.25) is 0 Å². The van der Waals surface area contributed by atoms with E-state index >= 15 is 0 Å². The summed E-state index contributed by atoms with van der Waals surface area (Å²) in [6, 6.07) is 7.33. The maximum Gasteiger partial charge on any atom is 0.714 e. The van der Waals surface area contributed by atoms with E-state index in [2.05, 4.69) is 5.92 Å². The second kappa shape index (κ2) is 3.21. The van der Waals surface area contributed by atoms with Gasteiger partial charge in [0, 0.05) is 5.56 Å². The molecule has 0 atom stereocenters. The smallest absolute Gasteiger partial charge is 0.218 e. The maximum absolute atomic E-state index is 8.72. The molecule has 0 saturated carbocycles. The van der Waals surface area contributed by atoms with Gasteiger partial charge < -0.3 is 0 Å². The van der Waals surface area contributed by atoms with E-state index in [0.717, 1.165) is 10.8 Å². The first kappa shape index (κ1) is 7.07. The summed E-state index contributed by atoms with van der Waals surface area (Å²) in [5.41, 5.74) is 0.819. The van der Waals surface area contributed by atoms with E-state index in [1.807, 2.05) is 18.2 Å². The third-order valence-corrected chi connectivity index (χ3v) is 1.73. The van der Waals surface area contributed by atoms with E-state index in [1.54, 1.807) is 6.07 Å². The standard InChI is InChI=1S/C8H6OSi/c1-2-7-4-3-5-8(6-7)10-9/h1,3-6,9H/q+1. The largest absolute Gasteiger partial charge is 0.714 e. The summed E-state index contributed by atoms with van der Waals surface area (Å²) in [4.78, 5) is 8.72. The minimum Gasteiger partial charge on any atom is -0.218 e. The molecule has 0 spiro atoms. The normalized spacial score (nSPS) is 8.40. The van der Waals surface area contributed by atoms with Crippen LogP contribution in [0.25, 0.3) is 0 Å². The minimum absolute atomic E-state index is 0.166. The highest BCUT2D eigenvalue weighted by Crippen LogP contribution is 1.91. The Hall–Kier alpha value is -1.04. The second-order valence-corrected chi connectivity index (χ2v) is 2.64. The lowest BCUT2D eigenvalue weighted by atomic mass is 10.2. The number of hydrogen-bond donors (Lipinski definition) is 1. The van der Waals surface area contributed by atoms with Crippen molar-refractivity contribution in [1.29, 1.82) is 0 Å². The van der Waals surface area contributed by atoms with Gasteiger partial charge in [-0.05, 0) is 18.2 Å². The zero-order valence-corrected chi connectivity index (χ0v) is 6.33. The highest BCUT2D eigenvalue weighted by atomic mass is 28.2. The van der Waals surface area contributed by atoms with E-state index in [9.17, 15) is 0 Å². The quantitative estimate of drug-likeness (QED) is 0.433. The SMILES string of the molecule is C#Cc1cccc([Si+]O)c1. The molecule has 0 heterocycles. The zero-order valence-electron chi connectivity index (χ0n) is 5.33. The molecule has 0 aliphatic heterocycles. The van der Waals surface area contributed by atoms with Crippen LogP contribution in [0.3, 0.4) is 0 Å². The van der Waals surface area contributed by atoms with Crippen LogP contribution < -0.4 is 5.19 Å². The summed E-state index contributed by atoms with van der Waals surface area (Å²) < 4.78 is 0. The fourth-order valence-corrected chi connectivity index (χ4v) is 1.07. The van der Waals surface area contributed by atoms with Crippen LogP contribution in [0.5, 0.6) is 0 Å². The molecule has 1 rings (SSSR count). The van der Waals surface area contributed by atoms with Crippen LogP contribution in [0.4, 0.5) is 0 Å². The Bertz CT molecular complexity index is 262. The fraction of sp³-hybridized carbons (Fsp3) is 0. The van der Waals surface area contributed by atoms with Crippen molar-refractivity contribution in [1.82, 2.24) is 0 Å². The van der Waals surface area contributed by atoms with Crippen LogP contribution in [0.1, 0.15) is 5.56 Å². The molecular formula is C8H6OSi+. The van der Waals surface area contributed by atoms with Crippen LogP contribution in [0, 0.1) is 12.3 Å². The van der Waals surface area contributed by atoms with Crippen molar-refractivity contribution in [3.05, 3.63) is 29.8 Å². The van der Waals surface area contributed by atoms with Gasteiger partial charge in [0.1, 0.15) is 0 Å².